The molecule has 1 heterocycles. The average molecular weight is 291 g/mol. The molecule has 2 N–H and O–H groups in total. The summed E-state index contributed by atoms with van der Waals surface area (Å²) in [5.41, 5.74) is 0.814. The molecule has 1 aromatic heterocycles. The number of halogens is 1. The van der Waals surface area contributed by atoms with Gasteiger partial charge < -0.3 is 14.8 Å². The van der Waals surface area contributed by atoms with Gasteiger partial charge in [-0.1, -0.05) is 12.8 Å². The molecule has 1 aliphatic rings. The van der Waals surface area contributed by atoms with Gasteiger partial charge in [0.2, 0.25) is 0 Å². The highest BCUT2D eigenvalue weighted by molar-refractivity contribution is 6.05. The Balaban J connectivity index is 1.70. The molecule has 5 heteroatoms. The molecule has 1 amide bonds. The maximum atomic E-state index is 13.3. The van der Waals surface area contributed by atoms with Crippen molar-refractivity contribution in [2.24, 2.45) is 5.92 Å². The maximum Gasteiger partial charge on any atom is 0.255 e. The lowest BCUT2D eigenvalue weighted by molar-refractivity contribution is 0.0663. The molecule has 4 nitrogen and oxygen atoms in total. The summed E-state index contributed by atoms with van der Waals surface area (Å²) in [6.07, 6.45) is 4.83. The van der Waals surface area contributed by atoms with E-state index < -0.39 is 5.82 Å². The van der Waals surface area contributed by atoms with Crippen LogP contribution in [0.5, 0.6) is 0 Å². The molecule has 0 bridgehead atoms. The highest BCUT2D eigenvalue weighted by atomic mass is 19.1. The molecular formula is C16H18FNO3. The van der Waals surface area contributed by atoms with E-state index in [0.29, 0.717) is 23.1 Å². The van der Waals surface area contributed by atoms with E-state index in [9.17, 15) is 14.3 Å². The number of hydrogen-bond acceptors (Lipinski definition) is 3. The summed E-state index contributed by atoms with van der Waals surface area (Å²) < 4.78 is 18.5. The quantitative estimate of drug-likeness (QED) is 0.914. The lowest BCUT2D eigenvalue weighted by Gasteiger charge is -2.27. The van der Waals surface area contributed by atoms with Crippen molar-refractivity contribution in [1.29, 1.82) is 0 Å². The molecule has 1 saturated carbocycles. The van der Waals surface area contributed by atoms with Gasteiger partial charge in [0.05, 0.1) is 11.7 Å². The van der Waals surface area contributed by atoms with Crippen LogP contribution in [0, 0.1) is 11.7 Å². The van der Waals surface area contributed by atoms with Gasteiger partial charge in [0, 0.05) is 17.8 Å². The van der Waals surface area contributed by atoms with Crippen molar-refractivity contribution in [1.82, 2.24) is 5.32 Å². The van der Waals surface area contributed by atoms with E-state index in [-0.39, 0.29) is 17.9 Å². The largest absolute Gasteiger partial charge is 0.463 e. The second-order valence-electron chi connectivity index (χ2n) is 5.61. The molecule has 1 fully saturated rings. The number of aliphatic hydroxyl groups excluding tert-OH is 1. The third kappa shape index (κ3) is 2.93. The van der Waals surface area contributed by atoms with Crippen LogP contribution in [0.25, 0.3) is 11.0 Å². The highest BCUT2D eigenvalue weighted by Gasteiger charge is 2.24. The minimum absolute atomic E-state index is 0.0950. The molecule has 0 radical (unpaired) electrons. The molecule has 21 heavy (non-hydrogen) atoms. The summed E-state index contributed by atoms with van der Waals surface area (Å²) in [7, 11) is 0. The van der Waals surface area contributed by atoms with Gasteiger partial charge in [0.25, 0.3) is 5.91 Å². The van der Waals surface area contributed by atoms with Crippen molar-refractivity contribution in [3.05, 3.63) is 35.8 Å². The predicted molar refractivity (Wildman–Crippen MR) is 76.5 cm³/mol. The average Bonchev–Trinajstić information content (AvgIpc) is 2.89. The summed E-state index contributed by atoms with van der Waals surface area (Å²) in [4.78, 5) is 12.2. The maximum absolute atomic E-state index is 13.3. The Morgan fingerprint density at radius 1 is 1.38 bits per heavy atom. The summed E-state index contributed by atoms with van der Waals surface area (Å²) >= 11 is 0. The van der Waals surface area contributed by atoms with Crippen molar-refractivity contribution in [3.8, 4) is 0 Å². The van der Waals surface area contributed by atoms with Crippen LogP contribution >= 0.6 is 0 Å². The number of rotatable bonds is 3. The number of hydrogen-bond donors (Lipinski definition) is 2. The first-order valence-electron chi connectivity index (χ1n) is 7.28. The Morgan fingerprint density at radius 2 is 2.19 bits per heavy atom. The smallest absolute Gasteiger partial charge is 0.255 e. The third-order valence-electron chi connectivity index (χ3n) is 4.17. The zero-order chi connectivity index (χ0) is 14.8. The van der Waals surface area contributed by atoms with Crippen LogP contribution < -0.4 is 5.32 Å². The van der Waals surface area contributed by atoms with Crippen LogP contribution in [0.2, 0.25) is 0 Å². The topological polar surface area (TPSA) is 62.5 Å². The monoisotopic (exact) mass is 291 g/mol. The summed E-state index contributed by atoms with van der Waals surface area (Å²) in [6.45, 7) is 0.433. The molecule has 0 unspecified atom stereocenters. The van der Waals surface area contributed by atoms with Crippen molar-refractivity contribution < 1.29 is 18.7 Å². The van der Waals surface area contributed by atoms with Crippen LogP contribution in [-0.4, -0.2) is 23.7 Å². The number of fused-ring (bicyclic) bond motifs is 1. The van der Waals surface area contributed by atoms with Gasteiger partial charge in [-0.25, -0.2) is 4.39 Å². The highest BCUT2D eigenvalue weighted by Crippen LogP contribution is 2.25. The van der Waals surface area contributed by atoms with Gasteiger partial charge in [-0.05, 0) is 31.0 Å². The number of amides is 1. The van der Waals surface area contributed by atoms with Gasteiger partial charge in [-0.2, -0.15) is 0 Å². The van der Waals surface area contributed by atoms with E-state index in [1.54, 1.807) is 0 Å². The Kier molecular flexibility index (Phi) is 3.92. The van der Waals surface area contributed by atoms with Crippen molar-refractivity contribution in [3.63, 3.8) is 0 Å². The van der Waals surface area contributed by atoms with E-state index in [1.165, 1.54) is 24.5 Å². The molecule has 0 aliphatic heterocycles. The Morgan fingerprint density at radius 3 is 3.00 bits per heavy atom. The Bertz CT molecular complexity index is 652. The van der Waals surface area contributed by atoms with Crippen molar-refractivity contribution in [2.75, 3.05) is 6.54 Å². The fourth-order valence-electron chi connectivity index (χ4n) is 2.92. The SMILES string of the molecule is O=C(NC[C@@H]1CCCC[C@H]1O)c1coc2ccc(F)cc12. The van der Waals surface area contributed by atoms with Gasteiger partial charge in [0.1, 0.15) is 17.7 Å². The molecule has 3 rings (SSSR count). The molecule has 0 saturated heterocycles. The zero-order valence-electron chi connectivity index (χ0n) is 11.6. The molecule has 1 aliphatic carbocycles. The standard InChI is InChI=1S/C16H18FNO3/c17-11-5-6-15-12(7-11)13(9-21-15)16(20)18-8-10-3-1-2-4-14(10)19/h5-7,9-10,14,19H,1-4,8H2,(H,18,20)/t10-,14+/m0/s1. The number of furan rings is 1. The molecule has 0 spiro atoms. The first-order chi connectivity index (χ1) is 10.1. The summed E-state index contributed by atoms with van der Waals surface area (Å²) in [6, 6.07) is 4.10. The third-order valence-corrected chi connectivity index (χ3v) is 4.17. The summed E-state index contributed by atoms with van der Waals surface area (Å²) in [5, 5.41) is 13.2. The lowest BCUT2D eigenvalue weighted by Crippen LogP contribution is -2.36. The van der Waals surface area contributed by atoms with Gasteiger partial charge in [0.15, 0.2) is 0 Å². The van der Waals surface area contributed by atoms with Crippen LogP contribution in [0.15, 0.2) is 28.9 Å². The second-order valence-corrected chi connectivity index (χ2v) is 5.61. The fraction of sp³-hybridized carbons (Fsp3) is 0.438. The molecular weight excluding hydrogens is 273 g/mol. The zero-order valence-corrected chi connectivity index (χ0v) is 11.6. The van der Waals surface area contributed by atoms with Gasteiger partial charge in [-0.3, -0.25) is 4.79 Å². The van der Waals surface area contributed by atoms with E-state index in [1.807, 2.05) is 0 Å². The first-order valence-corrected chi connectivity index (χ1v) is 7.28. The minimum atomic E-state index is -0.402. The lowest BCUT2D eigenvalue weighted by atomic mass is 9.86. The second kappa shape index (κ2) is 5.85. The van der Waals surface area contributed by atoms with Crippen LogP contribution in [0.4, 0.5) is 4.39 Å². The summed E-state index contributed by atoms with van der Waals surface area (Å²) in [5.74, 6) is -0.602. The van der Waals surface area contributed by atoms with Crippen LogP contribution in [0.3, 0.4) is 0 Å². The van der Waals surface area contributed by atoms with Crippen molar-refractivity contribution >= 4 is 16.9 Å². The first kappa shape index (κ1) is 14.1. The number of nitrogens with one attached hydrogen (secondary N) is 1. The molecule has 1 aromatic carbocycles. The van der Waals surface area contributed by atoms with E-state index in [4.69, 9.17) is 4.42 Å². The normalized spacial score (nSPS) is 22.4. The molecule has 2 atom stereocenters. The van der Waals surface area contributed by atoms with E-state index in [2.05, 4.69) is 5.32 Å². The molecule has 112 valence electrons. The number of benzene rings is 1. The van der Waals surface area contributed by atoms with E-state index in [0.717, 1.165) is 25.7 Å². The van der Waals surface area contributed by atoms with E-state index >= 15 is 0 Å². The minimum Gasteiger partial charge on any atom is -0.463 e. The van der Waals surface area contributed by atoms with Crippen molar-refractivity contribution in [2.45, 2.75) is 31.8 Å². The number of aliphatic hydroxyl groups is 1. The fourth-order valence-corrected chi connectivity index (χ4v) is 2.92. The van der Waals surface area contributed by atoms with Crippen LogP contribution in [0.1, 0.15) is 36.0 Å². The predicted octanol–water partition coefficient (Wildman–Crippen LogP) is 2.85. The number of carbonyl (C=O) groups is 1. The van der Waals surface area contributed by atoms with Crippen LogP contribution in [-0.2, 0) is 0 Å². The number of carbonyl (C=O) groups excluding carboxylic acids is 1. The Hall–Kier alpha value is -1.88. The Labute approximate surface area is 121 Å². The molecule has 2 aromatic rings. The van der Waals surface area contributed by atoms with Gasteiger partial charge in [-0.15, -0.1) is 0 Å². The van der Waals surface area contributed by atoms with Gasteiger partial charge >= 0.3 is 0 Å².